The van der Waals surface area contributed by atoms with Crippen molar-refractivity contribution in [3.8, 4) is 0 Å². The Morgan fingerprint density at radius 1 is 0.941 bits per heavy atom. The van der Waals surface area contributed by atoms with Crippen molar-refractivity contribution in [3.63, 3.8) is 0 Å². The summed E-state index contributed by atoms with van der Waals surface area (Å²) in [5.41, 5.74) is 2.41. The molecular formula is C15H14ClN. The minimum absolute atomic E-state index is 0.756. The van der Waals surface area contributed by atoms with Crippen LogP contribution in [0.2, 0.25) is 5.02 Å². The van der Waals surface area contributed by atoms with Gasteiger partial charge in [0, 0.05) is 17.8 Å². The number of rotatable bonds is 4. The summed E-state index contributed by atoms with van der Waals surface area (Å²) in [6.45, 7) is 0.812. The van der Waals surface area contributed by atoms with Crippen LogP contribution in [0.5, 0.6) is 0 Å². The Morgan fingerprint density at radius 3 is 2.35 bits per heavy atom. The Labute approximate surface area is 107 Å². The molecule has 86 valence electrons. The molecule has 0 fully saturated rings. The molecule has 0 aliphatic carbocycles. The molecule has 0 radical (unpaired) electrons. The van der Waals surface area contributed by atoms with Crippen molar-refractivity contribution in [1.82, 2.24) is 0 Å². The van der Waals surface area contributed by atoms with Crippen LogP contribution in [0.25, 0.3) is 0 Å². The number of aliphatic imine (C=N–C) groups is 1. The lowest BCUT2D eigenvalue weighted by atomic mass is 10.1. The molecule has 2 heteroatoms. The van der Waals surface area contributed by atoms with Gasteiger partial charge < -0.3 is 0 Å². The molecular weight excluding hydrogens is 230 g/mol. The van der Waals surface area contributed by atoms with Gasteiger partial charge >= 0.3 is 0 Å². The van der Waals surface area contributed by atoms with E-state index in [1.54, 1.807) is 0 Å². The van der Waals surface area contributed by atoms with Crippen molar-refractivity contribution in [1.29, 1.82) is 0 Å². The van der Waals surface area contributed by atoms with E-state index in [0.717, 1.165) is 23.6 Å². The van der Waals surface area contributed by atoms with Crippen LogP contribution in [0.15, 0.2) is 59.6 Å². The first-order chi connectivity index (χ1) is 8.34. The molecule has 2 aromatic carbocycles. The van der Waals surface area contributed by atoms with E-state index < -0.39 is 0 Å². The first-order valence-electron chi connectivity index (χ1n) is 5.64. The molecule has 0 bridgehead atoms. The van der Waals surface area contributed by atoms with Crippen molar-refractivity contribution in [2.75, 3.05) is 6.54 Å². The zero-order valence-electron chi connectivity index (χ0n) is 9.51. The van der Waals surface area contributed by atoms with E-state index in [1.807, 2.05) is 36.5 Å². The Balaban J connectivity index is 1.84. The van der Waals surface area contributed by atoms with Crippen LogP contribution in [0.4, 0.5) is 0 Å². The number of halogens is 1. The normalized spacial score (nSPS) is 10.9. The van der Waals surface area contributed by atoms with Crippen LogP contribution in [-0.4, -0.2) is 12.8 Å². The third-order valence-corrected chi connectivity index (χ3v) is 2.73. The highest BCUT2D eigenvalue weighted by Crippen LogP contribution is 2.08. The van der Waals surface area contributed by atoms with Gasteiger partial charge in [-0.3, -0.25) is 4.99 Å². The third-order valence-electron chi connectivity index (χ3n) is 2.48. The van der Waals surface area contributed by atoms with Crippen molar-refractivity contribution in [2.45, 2.75) is 6.42 Å². The molecule has 0 atom stereocenters. The largest absolute Gasteiger partial charge is 0.292 e. The molecule has 0 saturated heterocycles. The third kappa shape index (κ3) is 4.04. The number of benzene rings is 2. The molecule has 0 unspecified atom stereocenters. The fourth-order valence-corrected chi connectivity index (χ4v) is 1.68. The van der Waals surface area contributed by atoms with E-state index in [0.29, 0.717) is 0 Å². The Bertz CT molecular complexity index is 474. The number of hydrogen-bond donors (Lipinski definition) is 0. The summed E-state index contributed by atoms with van der Waals surface area (Å²) in [5, 5.41) is 0.756. The van der Waals surface area contributed by atoms with Gasteiger partial charge in [-0.25, -0.2) is 0 Å². The van der Waals surface area contributed by atoms with Gasteiger partial charge in [0.05, 0.1) is 0 Å². The Kier molecular flexibility index (Phi) is 4.34. The van der Waals surface area contributed by atoms with E-state index in [2.05, 4.69) is 29.3 Å². The van der Waals surface area contributed by atoms with Gasteiger partial charge in [-0.05, 0) is 29.7 Å². The predicted octanol–water partition coefficient (Wildman–Crippen LogP) is 4.00. The van der Waals surface area contributed by atoms with Gasteiger partial charge in [-0.1, -0.05) is 54.1 Å². The molecule has 2 aromatic rings. The van der Waals surface area contributed by atoms with Crippen LogP contribution in [-0.2, 0) is 6.42 Å². The number of nitrogens with zero attached hydrogens (tertiary/aromatic N) is 1. The maximum atomic E-state index is 5.81. The van der Waals surface area contributed by atoms with Gasteiger partial charge in [-0.15, -0.1) is 0 Å². The molecule has 0 aliphatic heterocycles. The Hall–Kier alpha value is -1.60. The van der Waals surface area contributed by atoms with E-state index >= 15 is 0 Å². The smallest absolute Gasteiger partial charge is 0.0429 e. The molecule has 0 heterocycles. The van der Waals surface area contributed by atoms with Gasteiger partial charge in [0.2, 0.25) is 0 Å². The molecule has 0 N–H and O–H groups in total. The SMILES string of the molecule is Clc1ccc(/C=N/CCc2ccccc2)cc1. The van der Waals surface area contributed by atoms with Gasteiger partial charge in [0.1, 0.15) is 0 Å². The maximum Gasteiger partial charge on any atom is 0.0429 e. The molecule has 17 heavy (non-hydrogen) atoms. The van der Waals surface area contributed by atoms with Gasteiger partial charge in [0.15, 0.2) is 0 Å². The standard InChI is InChI=1S/C15H14ClN/c16-15-8-6-14(7-9-15)12-17-11-10-13-4-2-1-3-5-13/h1-9,12H,10-11H2/b17-12+. The van der Waals surface area contributed by atoms with Crippen LogP contribution in [0.1, 0.15) is 11.1 Å². The Morgan fingerprint density at radius 2 is 1.65 bits per heavy atom. The molecule has 0 amide bonds. The average molecular weight is 244 g/mol. The van der Waals surface area contributed by atoms with E-state index in [-0.39, 0.29) is 0 Å². The molecule has 0 aromatic heterocycles. The highest BCUT2D eigenvalue weighted by Gasteiger charge is 1.90. The lowest BCUT2D eigenvalue weighted by Gasteiger charge is -1.97. The quantitative estimate of drug-likeness (QED) is 0.720. The van der Waals surface area contributed by atoms with E-state index in [4.69, 9.17) is 11.6 Å². The monoisotopic (exact) mass is 243 g/mol. The van der Waals surface area contributed by atoms with Crippen LogP contribution in [0, 0.1) is 0 Å². The predicted molar refractivity (Wildman–Crippen MR) is 74.1 cm³/mol. The van der Waals surface area contributed by atoms with Crippen molar-refractivity contribution in [3.05, 3.63) is 70.7 Å². The van der Waals surface area contributed by atoms with Crippen molar-refractivity contribution >= 4 is 17.8 Å². The highest BCUT2D eigenvalue weighted by molar-refractivity contribution is 6.30. The summed E-state index contributed by atoms with van der Waals surface area (Å²) in [4.78, 5) is 4.40. The summed E-state index contributed by atoms with van der Waals surface area (Å²) in [5.74, 6) is 0. The summed E-state index contributed by atoms with van der Waals surface area (Å²) in [6, 6.07) is 18.1. The zero-order chi connectivity index (χ0) is 11.9. The maximum absolute atomic E-state index is 5.81. The lowest BCUT2D eigenvalue weighted by Crippen LogP contribution is -1.90. The second-order valence-corrected chi connectivity index (χ2v) is 4.26. The molecule has 0 aliphatic rings. The fourth-order valence-electron chi connectivity index (χ4n) is 1.56. The van der Waals surface area contributed by atoms with Crippen LogP contribution >= 0.6 is 11.6 Å². The highest BCUT2D eigenvalue weighted by atomic mass is 35.5. The number of hydrogen-bond acceptors (Lipinski definition) is 1. The van der Waals surface area contributed by atoms with Gasteiger partial charge in [0.25, 0.3) is 0 Å². The average Bonchev–Trinajstić information content (AvgIpc) is 2.38. The van der Waals surface area contributed by atoms with Crippen molar-refractivity contribution < 1.29 is 0 Å². The van der Waals surface area contributed by atoms with E-state index in [9.17, 15) is 0 Å². The summed E-state index contributed by atoms with van der Waals surface area (Å²) in [7, 11) is 0. The topological polar surface area (TPSA) is 12.4 Å². The molecule has 0 saturated carbocycles. The zero-order valence-corrected chi connectivity index (χ0v) is 10.3. The van der Waals surface area contributed by atoms with E-state index in [1.165, 1.54) is 5.56 Å². The fraction of sp³-hybridized carbons (Fsp3) is 0.133. The summed E-state index contributed by atoms with van der Waals surface area (Å²) < 4.78 is 0. The minimum Gasteiger partial charge on any atom is -0.292 e. The first kappa shape index (κ1) is 11.9. The summed E-state index contributed by atoms with van der Waals surface area (Å²) >= 11 is 5.81. The van der Waals surface area contributed by atoms with Crippen LogP contribution < -0.4 is 0 Å². The summed E-state index contributed by atoms with van der Waals surface area (Å²) in [6.07, 6.45) is 2.87. The second kappa shape index (κ2) is 6.21. The second-order valence-electron chi connectivity index (χ2n) is 3.82. The minimum atomic E-state index is 0.756. The first-order valence-corrected chi connectivity index (χ1v) is 6.02. The molecule has 2 rings (SSSR count). The van der Waals surface area contributed by atoms with Crippen LogP contribution in [0.3, 0.4) is 0 Å². The molecule has 0 spiro atoms. The van der Waals surface area contributed by atoms with Gasteiger partial charge in [-0.2, -0.15) is 0 Å². The molecule has 1 nitrogen and oxygen atoms in total. The van der Waals surface area contributed by atoms with Crippen molar-refractivity contribution in [2.24, 2.45) is 4.99 Å². The lowest BCUT2D eigenvalue weighted by molar-refractivity contribution is 0.973.